The van der Waals surface area contributed by atoms with Gasteiger partial charge in [0.1, 0.15) is 0 Å². The third kappa shape index (κ3) is 13.4. The number of hydrogen-bond acceptors (Lipinski definition) is 2. The highest BCUT2D eigenvalue weighted by Crippen LogP contribution is 2.10. The molecule has 0 saturated heterocycles. The van der Waals surface area contributed by atoms with Crippen LogP contribution >= 0.6 is 11.6 Å². The van der Waals surface area contributed by atoms with Gasteiger partial charge in [-0.2, -0.15) is 0 Å². The van der Waals surface area contributed by atoms with E-state index in [-0.39, 0.29) is 0 Å². The van der Waals surface area contributed by atoms with E-state index in [0.29, 0.717) is 11.6 Å². The van der Waals surface area contributed by atoms with Gasteiger partial charge in [0.2, 0.25) is 0 Å². The Morgan fingerprint density at radius 3 is 1.87 bits per heavy atom. The van der Waals surface area contributed by atoms with Crippen LogP contribution in [0.4, 0.5) is 0 Å². The first-order valence-corrected chi connectivity index (χ1v) is 5.91. The van der Waals surface area contributed by atoms with Crippen LogP contribution in [0.25, 0.3) is 0 Å². The number of carbonyl (C=O) groups is 1. The standard InChI is InChI=1S/C9H15NO.C2H6.CH3Cl/c1-5-9(7(2)3)10-8(4)6-11;2*1-2/h5-7H,1-4H3;1-2H3;1H3/b9-5-,10-8?;;. The fraction of sp³-hybridized carbons (Fsp3) is 0.667. The van der Waals surface area contributed by atoms with E-state index in [1.165, 1.54) is 6.38 Å². The molecule has 0 atom stereocenters. The number of hydrogen-bond donors (Lipinski definition) is 0. The van der Waals surface area contributed by atoms with E-state index >= 15 is 0 Å². The Bertz CT molecular complexity index is 196. The van der Waals surface area contributed by atoms with Crippen molar-refractivity contribution in [3.8, 4) is 0 Å². The predicted octanol–water partition coefficient (Wildman–Crippen LogP) is 4.09. The Morgan fingerprint density at radius 1 is 1.27 bits per heavy atom. The van der Waals surface area contributed by atoms with Crippen molar-refractivity contribution in [2.24, 2.45) is 10.9 Å². The van der Waals surface area contributed by atoms with E-state index < -0.39 is 0 Å². The highest BCUT2D eigenvalue weighted by Gasteiger charge is 1.99. The van der Waals surface area contributed by atoms with E-state index in [2.05, 4.69) is 30.4 Å². The van der Waals surface area contributed by atoms with Crippen LogP contribution in [0.5, 0.6) is 0 Å². The molecule has 0 aromatic carbocycles. The maximum atomic E-state index is 10.2. The third-order valence-corrected chi connectivity index (χ3v) is 1.36. The number of aliphatic imine (C=N–C) groups is 1. The summed E-state index contributed by atoms with van der Waals surface area (Å²) in [5.41, 5.74) is 1.50. The van der Waals surface area contributed by atoms with Crippen molar-refractivity contribution in [2.45, 2.75) is 41.5 Å². The van der Waals surface area contributed by atoms with E-state index in [4.69, 9.17) is 0 Å². The predicted molar refractivity (Wildman–Crippen MR) is 70.9 cm³/mol. The van der Waals surface area contributed by atoms with Gasteiger partial charge in [-0.05, 0) is 19.8 Å². The van der Waals surface area contributed by atoms with Crippen molar-refractivity contribution in [3.63, 3.8) is 0 Å². The van der Waals surface area contributed by atoms with Gasteiger partial charge in [-0.3, -0.25) is 9.79 Å². The smallest absolute Gasteiger partial charge is 0.163 e. The van der Waals surface area contributed by atoms with Gasteiger partial charge in [0.05, 0.1) is 5.71 Å². The van der Waals surface area contributed by atoms with Crippen molar-refractivity contribution < 1.29 is 4.79 Å². The molecular formula is C12H24ClNO. The van der Waals surface area contributed by atoms with Crippen LogP contribution in [0.15, 0.2) is 16.8 Å². The van der Waals surface area contributed by atoms with E-state index in [1.807, 2.05) is 26.8 Å². The summed E-state index contributed by atoms with van der Waals surface area (Å²) in [4.78, 5) is 14.3. The van der Waals surface area contributed by atoms with Crippen molar-refractivity contribution in [3.05, 3.63) is 11.8 Å². The average molecular weight is 234 g/mol. The molecule has 0 saturated carbocycles. The monoisotopic (exact) mass is 233 g/mol. The van der Waals surface area contributed by atoms with Gasteiger partial charge in [-0.15, -0.1) is 11.6 Å². The lowest BCUT2D eigenvalue weighted by molar-refractivity contribution is -0.102. The summed E-state index contributed by atoms with van der Waals surface area (Å²) in [6.45, 7) is 11.7. The van der Waals surface area contributed by atoms with Crippen LogP contribution in [0, 0.1) is 5.92 Å². The molecule has 0 fully saturated rings. The number of nitrogens with zero attached hydrogens (tertiary/aromatic N) is 1. The van der Waals surface area contributed by atoms with Crippen LogP contribution < -0.4 is 0 Å². The van der Waals surface area contributed by atoms with Gasteiger partial charge < -0.3 is 0 Å². The fourth-order valence-electron chi connectivity index (χ4n) is 0.757. The molecular weight excluding hydrogens is 210 g/mol. The summed E-state index contributed by atoms with van der Waals surface area (Å²) < 4.78 is 0. The van der Waals surface area contributed by atoms with Crippen molar-refractivity contribution >= 4 is 23.6 Å². The van der Waals surface area contributed by atoms with Gasteiger partial charge in [0.25, 0.3) is 0 Å². The summed E-state index contributed by atoms with van der Waals surface area (Å²) in [6, 6.07) is 0. The molecule has 0 bridgehead atoms. The van der Waals surface area contributed by atoms with Crippen molar-refractivity contribution in [1.82, 2.24) is 0 Å². The van der Waals surface area contributed by atoms with Crippen LogP contribution in [0.2, 0.25) is 0 Å². The molecule has 2 nitrogen and oxygen atoms in total. The molecule has 0 N–H and O–H groups in total. The van der Waals surface area contributed by atoms with Gasteiger partial charge in [-0.25, -0.2) is 0 Å². The molecule has 90 valence electrons. The van der Waals surface area contributed by atoms with Gasteiger partial charge in [-0.1, -0.05) is 33.8 Å². The summed E-state index contributed by atoms with van der Waals surface area (Å²) >= 11 is 4.64. The van der Waals surface area contributed by atoms with E-state index in [1.54, 1.807) is 6.92 Å². The summed E-state index contributed by atoms with van der Waals surface area (Å²) in [5.74, 6) is 0.384. The molecule has 0 aromatic rings. The minimum absolute atomic E-state index is 0.384. The summed E-state index contributed by atoms with van der Waals surface area (Å²) in [5, 5.41) is 0. The molecule has 3 heteroatoms. The Kier molecular flexibility index (Phi) is 21.0. The van der Waals surface area contributed by atoms with Gasteiger partial charge >= 0.3 is 0 Å². The molecule has 0 aliphatic carbocycles. The van der Waals surface area contributed by atoms with Crippen molar-refractivity contribution in [2.75, 3.05) is 6.38 Å². The zero-order chi connectivity index (χ0) is 12.9. The number of aldehydes is 1. The molecule has 0 rings (SSSR count). The second-order valence-corrected chi connectivity index (χ2v) is 2.74. The quantitative estimate of drug-likeness (QED) is 0.410. The topological polar surface area (TPSA) is 29.4 Å². The number of halogens is 1. The van der Waals surface area contributed by atoms with Crippen LogP contribution in [-0.2, 0) is 4.79 Å². The highest BCUT2D eigenvalue weighted by molar-refractivity contribution is 6.27. The molecule has 0 heterocycles. The maximum Gasteiger partial charge on any atom is 0.163 e. The van der Waals surface area contributed by atoms with Crippen LogP contribution in [0.1, 0.15) is 41.5 Å². The number of carbonyl (C=O) groups excluding carboxylic acids is 1. The molecule has 0 amide bonds. The third-order valence-electron chi connectivity index (χ3n) is 1.36. The first kappa shape index (κ1) is 19.9. The minimum Gasteiger partial charge on any atom is -0.297 e. The van der Waals surface area contributed by atoms with E-state index in [9.17, 15) is 4.79 Å². The van der Waals surface area contributed by atoms with E-state index in [0.717, 1.165) is 12.0 Å². The fourth-order valence-corrected chi connectivity index (χ4v) is 0.757. The largest absolute Gasteiger partial charge is 0.297 e. The normalized spacial score (nSPS) is 11.0. The average Bonchev–Trinajstić information content (AvgIpc) is 2.30. The number of alkyl halides is 1. The lowest BCUT2D eigenvalue weighted by Gasteiger charge is -2.04. The highest BCUT2D eigenvalue weighted by atomic mass is 35.5. The maximum absolute atomic E-state index is 10.2. The zero-order valence-electron chi connectivity index (χ0n) is 11.0. The lowest BCUT2D eigenvalue weighted by atomic mass is 10.1. The molecule has 0 aliphatic rings. The molecule has 0 aromatic heterocycles. The zero-order valence-corrected chi connectivity index (χ0v) is 11.7. The first-order valence-electron chi connectivity index (χ1n) is 5.16. The molecule has 0 radical (unpaired) electrons. The van der Waals surface area contributed by atoms with Crippen molar-refractivity contribution in [1.29, 1.82) is 0 Å². The Hall–Kier alpha value is -0.630. The summed E-state index contributed by atoms with van der Waals surface area (Å²) in [6.07, 6.45) is 4.17. The summed E-state index contributed by atoms with van der Waals surface area (Å²) in [7, 11) is 0. The second-order valence-electron chi connectivity index (χ2n) is 2.74. The molecule has 0 aliphatic heterocycles. The Morgan fingerprint density at radius 2 is 1.67 bits per heavy atom. The number of rotatable bonds is 3. The molecule has 0 spiro atoms. The van der Waals surface area contributed by atoms with Gasteiger partial charge in [0, 0.05) is 12.1 Å². The minimum atomic E-state index is 0.384. The Labute approximate surface area is 99.4 Å². The molecule has 0 unspecified atom stereocenters. The first-order chi connectivity index (χ1) is 7.11. The van der Waals surface area contributed by atoms with Gasteiger partial charge in [0.15, 0.2) is 6.29 Å². The SMILES string of the molecule is C/C=C(\N=C(C)C=O)C(C)C.CC.CCl. The molecule has 15 heavy (non-hydrogen) atoms. The second kappa shape index (κ2) is 15.8. The number of allylic oxidation sites excluding steroid dienone is 2. The lowest BCUT2D eigenvalue weighted by Crippen LogP contribution is -1.97. The van der Waals surface area contributed by atoms with Crippen LogP contribution in [-0.4, -0.2) is 18.4 Å². The van der Waals surface area contributed by atoms with Crippen LogP contribution in [0.3, 0.4) is 0 Å². The Balaban J connectivity index is -0.000000318.